The molecule has 3 N–H and O–H groups in total. The summed E-state index contributed by atoms with van der Waals surface area (Å²) in [6.45, 7) is 0. The summed E-state index contributed by atoms with van der Waals surface area (Å²) in [5.74, 6) is -1.68. The molecule has 6 nitrogen and oxygen atoms in total. The number of phenolic OH excluding ortho intramolecular Hbond substituents is 2. The predicted octanol–water partition coefficient (Wildman–Crippen LogP) is 1.96. The van der Waals surface area contributed by atoms with E-state index in [2.05, 4.69) is 21.0 Å². The van der Waals surface area contributed by atoms with Gasteiger partial charge in [-0.3, -0.25) is 4.68 Å². The van der Waals surface area contributed by atoms with Gasteiger partial charge < -0.3 is 15.3 Å². The van der Waals surface area contributed by atoms with Gasteiger partial charge in [0, 0.05) is 12.6 Å². The second-order valence-electron chi connectivity index (χ2n) is 3.67. The van der Waals surface area contributed by atoms with Crippen LogP contribution >= 0.6 is 15.9 Å². The van der Waals surface area contributed by atoms with Crippen molar-refractivity contribution >= 4 is 21.9 Å². The zero-order chi connectivity index (χ0) is 13.4. The maximum atomic E-state index is 10.8. The van der Waals surface area contributed by atoms with Crippen LogP contribution < -0.4 is 0 Å². The summed E-state index contributed by atoms with van der Waals surface area (Å²) in [6.07, 6.45) is 0. The van der Waals surface area contributed by atoms with E-state index in [0.29, 0.717) is 15.7 Å². The van der Waals surface area contributed by atoms with Crippen LogP contribution in [-0.4, -0.2) is 31.1 Å². The number of aryl methyl sites for hydroxylation is 1. The van der Waals surface area contributed by atoms with Crippen LogP contribution in [0.1, 0.15) is 10.5 Å². The predicted molar refractivity (Wildman–Crippen MR) is 66.6 cm³/mol. The topological polar surface area (TPSA) is 95.6 Å². The Bertz CT molecular complexity index is 613. The highest BCUT2D eigenvalue weighted by Crippen LogP contribution is 2.37. The van der Waals surface area contributed by atoms with Gasteiger partial charge in [0.2, 0.25) is 0 Å². The number of aromatic hydroxyl groups is 2. The van der Waals surface area contributed by atoms with Gasteiger partial charge in [-0.25, -0.2) is 4.79 Å². The second kappa shape index (κ2) is 4.34. The van der Waals surface area contributed by atoms with E-state index in [1.54, 1.807) is 13.1 Å². The summed E-state index contributed by atoms with van der Waals surface area (Å²) in [5, 5.41) is 31.6. The summed E-state index contributed by atoms with van der Waals surface area (Å²) in [7, 11) is 1.60. The van der Waals surface area contributed by atoms with Gasteiger partial charge in [0.1, 0.15) is 0 Å². The van der Waals surface area contributed by atoms with Crippen molar-refractivity contribution in [3.63, 3.8) is 0 Å². The van der Waals surface area contributed by atoms with Gasteiger partial charge in [-0.1, -0.05) is 0 Å². The fourth-order valence-corrected chi connectivity index (χ4v) is 2.02. The van der Waals surface area contributed by atoms with Crippen LogP contribution in [0.15, 0.2) is 22.7 Å². The minimum atomic E-state index is -1.13. The van der Waals surface area contributed by atoms with Crippen molar-refractivity contribution in [3.05, 3.63) is 28.4 Å². The van der Waals surface area contributed by atoms with E-state index in [4.69, 9.17) is 5.11 Å². The van der Waals surface area contributed by atoms with Crippen molar-refractivity contribution in [1.82, 2.24) is 9.78 Å². The van der Waals surface area contributed by atoms with Crippen LogP contribution in [0.3, 0.4) is 0 Å². The van der Waals surface area contributed by atoms with Crippen LogP contribution in [0.5, 0.6) is 11.5 Å². The molecule has 2 rings (SSSR count). The van der Waals surface area contributed by atoms with E-state index in [1.165, 1.54) is 16.8 Å². The van der Waals surface area contributed by atoms with E-state index in [0.717, 1.165) is 0 Å². The Labute approximate surface area is 110 Å². The van der Waals surface area contributed by atoms with Crippen molar-refractivity contribution in [3.8, 4) is 22.8 Å². The molecule has 7 heteroatoms. The number of hydrogen-bond donors (Lipinski definition) is 3. The smallest absolute Gasteiger partial charge is 0.356 e. The van der Waals surface area contributed by atoms with Crippen molar-refractivity contribution in [1.29, 1.82) is 0 Å². The molecule has 0 unspecified atom stereocenters. The van der Waals surface area contributed by atoms with Crippen molar-refractivity contribution < 1.29 is 20.1 Å². The third-order valence-corrected chi connectivity index (χ3v) is 3.04. The minimum absolute atomic E-state index is 0.0869. The van der Waals surface area contributed by atoms with Crippen LogP contribution in [0.4, 0.5) is 0 Å². The van der Waals surface area contributed by atoms with E-state index in [-0.39, 0.29) is 17.2 Å². The number of phenols is 2. The van der Waals surface area contributed by atoms with Crippen molar-refractivity contribution in [2.45, 2.75) is 0 Å². The first-order valence-corrected chi connectivity index (χ1v) is 5.68. The van der Waals surface area contributed by atoms with Crippen LogP contribution in [0.2, 0.25) is 0 Å². The van der Waals surface area contributed by atoms with Crippen molar-refractivity contribution in [2.24, 2.45) is 7.05 Å². The Balaban J connectivity index is 2.58. The van der Waals surface area contributed by atoms with Gasteiger partial charge in [-0.05, 0) is 34.1 Å². The van der Waals surface area contributed by atoms with Gasteiger partial charge >= 0.3 is 5.97 Å². The van der Waals surface area contributed by atoms with Gasteiger partial charge in [0.25, 0.3) is 0 Å². The number of halogens is 1. The van der Waals surface area contributed by atoms with Crippen LogP contribution in [0, 0.1) is 0 Å². The van der Waals surface area contributed by atoms with E-state index >= 15 is 0 Å². The van der Waals surface area contributed by atoms with Crippen LogP contribution in [0.25, 0.3) is 11.3 Å². The molecule has 0 radical (unpaired) electrons. The largest absolute Gasteiger partial charge is 0.504 e. The highest BCUT2D eigenvalue weighted by atomic mass is 79.9. The monoisotopic (exact) mass is 312 g/mol. The molecule has 0 atom stereocenters. The van der Waals surface area contributed by atoms with Gasteiger partial charge in [0.05, 0.1) is 10.2 Å². The highest BCUT2D eigenvalue weighted by molar-refractivity contribution is 9.10. The van der Waals surface area contributed by atoms with E-state index < -0.39 is 5.97 Å². The quantitative estimate of drug-likeness (QED) is 0.737. The molecular weight excluding hydrogens is 304 g/mol. The molecule has 94 valence electrons. The minimum Gasteiger partial charge on any atom is -0.504 e. The summed E-state index contributed by atoms with van der Waals surface area (Å²) in [6, 6.07) is 4.29. The summed E-state index contributed by atoms with van der Waals surface area (Å²) >= 11 is 3.10. The summed E-state index contributed by atoms with van der Waals surface area (Å²) in [4.78, 5) is 10.8. The Morgan fingerprint density at radius 1 is 1.33 bits per heavy atom. The van der Waals surface area contributed by atoms with Gasteiger partial charge in [-0.2, -0.15) is 5.10 Å². The number of rotatable bonds is 2. The first-order valence-electron chi connectivity index (χ1n) is 4.89. The molecule has 0 aliphatic heterocycles. The third-order valence-electron chi connectivity index (χ3n) is 2.44. The van der Waals surface area contributed by atoms with Crippen molar-refractivity contribution in [2.75, 3.05) is 0 Å². The van der Waals surface area contributed by atoms with Gasteiger partial charge in [-0.15, -0.1) is 0 Å². The standard InChI is InChI=1S/C11H9BrN2O4/c1-14-8(4-7(13-14)11(17)18)5-2-6(12)10(16)9(15)3-5/h2-4,15-16H,1H3,(H,17,18). The molecule has 0 fully saturated rings. The molecular formula is C11H9BrN2O4. The number of carboxylic acids is 1. The lowest BCUT2D eigenvalue weighted by Crippen LogP contribution is -1.99. The number of nitrogens with zero attached hydrogens (tertiary/aromatic N) is 2. The van der Waals surface area contributed by atoms with E-state index in [1.807, 2.05) is 0 Å². The molecule has 0 aliphatic rings. The molecule has 0 bridgehead atoms. The maximum absolute atomic E-state index is 10.8. The highest BCUT2D eigenvalue weighted by Gasteiger charge is 2.15. The Hall–Kier alpha value is -2.02. The second-order valence-corrected chi connectivity index (χ2v) is 4.52. The first-order chi connectivity index (χ1) is 8.40. The molecule has 0 saturated carbocycles. The number of aromatic nitrogens is 2. The lowest BCUT2D eigenvalue weighted by Gasteiger charge is -2.06. The number of carbonyl (C=O) groups is 1. The molecule has 1 heterocycles. The molecule has 2 aromatic rings. The molecule has 1 aromatic carbocycles. The Kier molecular flexibility index (Phi) is 3.00. The Morgan fingerprint density at radius 3 is 2.50 bits per heavy atom. The molecule has 0 amide bonds. The fourth-order valence-electron chi connectivity index (χ4n) is 1.57. The fraction of sp³-hybridized carbons (Fsp3) is 0.0909. The van der Waals surface area contributed by atoms with Crippen LogP contribution in [-0.2, 0) is 7.05 Å². The maximum Gasteiger partial charge on any atom is 0.356 e. The Morgan fingerprint density at radius 2 is 2.00 bits per heavy atom. The average Bonchev–Trinajstić information content (AvgIpc) is 2.68. The lowest BCUT2D eigenvalue weighted by molar-refractivity contribution is 0.0689. The number of aromatic carboxylic acids is 1. The SMILES string of the molecule is Cn1nc(C(=O)O)cc1-c1cc(O)c(O)c(Br)c1. The normalized spacial score (nSPS) is 10.6. The van der Waals surface area contributed by atoms with Gasteiger partial charge in [0.15, 0.2) is 17.2 Å². The zero-order valence-electron chi connectivity index (χ0n) is 9.25. The summed E-state index contributed by atoms with van der Waals surface area (Å²) in [5.41, 5.74) is 0.972. The number of hydrogen-bond acceptors (Lipinski definition) is 4. The average molecular weight is 313 g/mol. The van der Waals surface area contributed by atoms with E-state index in [9.17, 15) is 15.0 Å². The molecule has 18 heavy (non-hydrogen) atoms. The lowest BCUT2D eigenvalue weighted by atomic mass is 10.1. The molecule has 1 aromatic heterocycles. The summed E-state index contributed by atoms with van der Waals surface area (Å²) < 4.78 is 1.71. The molecule has 0 saturated heterocycles. The number of carboxylic acid groups (broad SMARTS) is 1. The third kappa shape index (κ3) is 2.04. The molecule has 0 aliphatic carbocycles. The molecule has 0 spiro atoms. The number of benzene rings is 1. The zero-order valence-corrected chi connectivity index (χ0v) is 10.8. The first kappa shape index (κ1) is 12.4.